The van der Waals surface area contributed by atoms with Crippen LogP contribution in [0.25, 0.3) is 6.08 Å². The summed E-state index contributed by atoms with van der Waals surface area (Å²) in [5.74, 6) is -0.321. The standard InChI is InChI=1S/C12H12O3/c13-8-11-7-10(12(14)15-11)6-9-4-2-1-3-5-9/h1-6,11,13H,7-8H2/b10-6+. The summed E-state index contributed by atoms with van der Waals surface area (Å²) < 4.78 is 4.94. The SMILES string of the molecule is O=C1OC(CO)C/C1=C\c1ccccc1. The third-order valence-electron chi connectivity index (χ3n) is 2.33. The normalized spacial score (nSPS) is 23.1. The number of aliphatic hydroxyl groups is 1. The predicted molar refractivity (Wildman–Crippen MR) is 56.0 cm³/mol. The van der Waals surface area contributed by atoms with Gasteiger partial charge >= 0.3 is 5.97 Å². The van der Waals surface area contributed by atoms with Crippen LogP contribution >= 0.6 is 0 Å². The maximum Gasteiger partial charge on any atom is 0.334 e. The average molecular weight is 204 g/mol. The number of carbonyl (C=O) groups excluding carboxylic acids is 1. The third-order valence-corrected chi connectivity index (χ3v) is 2.33. The number of aliphatic hydroxyl groups excluding tert-OH is 1. The summed E-state index contributed by atoms with van der Waals surface area (Å²) in [6.45, 7) is -0.113. The molecule has 1 N–H and O–H groups in total. The van der Waals surface area contributed by atoms with Crippen molar-refractivity contribution in [3.05, 3.63) is 41.5 Å². The van der Waals surface area contributed by atoms with Crippen molar-refractivity contribution < 1.29 is 14.6 Å². The van der Waals surface area contributed by atoms with Crippen LogP contribution in [0.3, 0.4) is 0 Å². The smallest absolute Gasteiger partial charge is 0.334 e. The van der Waals surface area contributed by atoms with Crippen LogP contribution in [0.4, 0.5) is 0 Å². The minimum Gasteiger partial charge on any atom is -0.456 e. The number of esters is 1. The van der Waals surface area contributed by atoms with Gasteiger partial charge in [0, 0.05) is 12.0 Å². The molecule has 1 fully saturated rings. The lowest BCUT2D eigenvalue weighted by molar-refractivity contribution is -0.140. The fourth-order valence-electron chi connectivity index (χ4n) is 1.57. The number of benzene rings is 1. The Morgan fingerprint density at radius 1 is 1.40 bits per heavy atom. The minimum atomic E-state index is -0.368. The molecule has 0 aromatic heterocycles. The van der Waals surface area contributed by atoms with Crippen LogP contribution in [0.15, 0.2) is 35.9 Å². The van der Waals surface area contributed by atoms with Crippen molar-refractivity contribution in [3.63, 3.8) is 0 Å². The lowest BCUT2D eigenvalue weighted by Crippen LogP contribution is -2.10. The van der Waals surface area contributed by atoms with E-state index in [1.165, 1.54) is 0 Å². The molecule has 3 nitrogen and oxygen atoms in total. The summed E-state index contributed by atoms with van der Waals surface area (Å²) in [4.78, 5) is 11.3. The van der Waals surface area contributed by atoms with E-state index < -0.39 is 0 Å². The van der Waals surface area contributed by atoms with E-state index in [1.54, 1.807) is 6.08 Å². The van der Waals surface area contributed by atoms with Gasteiger partial charge in [-0.1, -0.05) is 30.3 Å². The maximum atomic E-state index is 11.3. The van der Waals surface area contributed by atoms with Crippen LogP contribution in [-0.2, 0) is 9.53 Å². The van der Waals surface area contributed by atoms with E-state index in [-0.39, 0.29) is 18.7 Å². The summed E-state index contributed by atoms with van der Waals surface area (Å²) in [5.41, 5.74) is 1.60. The summed E-state index contributed by atoms with van der Waals surface area (Å²) in [6, 6.07) is 9.59. The summed E-state index contributed by atoms with van der Waals surface area (Å²) in [7, 11) is 0. The first kappa shape index (κ1) is 9.93. The van der Waals surface area contributed by atoms with Crippen LogP contribution in [0, 0.1) is 0 Å². The van der Waals surface area contributed by atoms with E-state index >= 15 is 0 Å². The Hall–Kier alpha value is -1.61. The number of carbonyl (C=O) groups is 1. The highest BCUT2D eigenvalue weighted by Crippen LogP contribution is 2.22. The van der Waals surface area contributed by atoms with E-state index in [4.69, 9.17) is 9.84 Å². The molecule has 1 aromatic rings. The fraction of sp³-hybridized carbons (Fsp3) is 0.250. The number of cyclic esters (lactones) is 1. The van der Waals surface area contributed by atoms with Gasteiger partial charge in [0.1, 0.15) is 6.10 Å². The molecule has 2 rings (SSSR count). The molecule has 3 heteroatoms. The van der Waals surface area contributed by atoms with Crippen LogP contribution in [0.2, 0.25) is 0 Å². The van der Waals surface area contributed by atoms with Crippen molar-refractivity contribution in [2.45, 2.75) is 12.5 Å². The predicted octanol–water partition coefficient (Wildman–Crippen LogP) is 1.38. The molecular weight excluding hydrogens is 192 g/mol. The molecule has 0 bridgehead atoms. The van der Waals surface area contributed by atoms with Gasteiger partial charge in [0.15, 0.2) is 0 Å². The first-order valence-electron chi connectivity index (χ1n) is 4.87. The second-order valence-electron chi connectivity index (χ2n) is 3.49. The van der Waals surface area contributed by atoms with Gasteiger partial charge in [0.2, 0.25) is 0 Å². The fourth-order valence-corrected chi connectivity index (χ4v) is 1.57. The minimum absolute atomic E-state index is 0.113. The second kappa shape index (κ2) is 4.28. The van der Waals surface area contributed by atoms with Crippen LogP contribution in [-0.4, -0.2) is 23.8 Å². The zero-order valence-corrected chi connectivity index (χ0v) is 8.22. The van der Waals surface area contributed by atoms with Gasteiger partial charge in [-0.05, 0) is 11.6 Å². The van der Waals surface area contributed by atoms with Crippen molar-refractivity contribution in [3.8, 4) is 0 Å². The Kier molecular flexibility index (Phi) is 2.83. The molecule has 1 aliphatic heterocycles. The topological polar surface area (TPSA) is 46.5 Å². The van der Waals surface area contributed by atoms with Gasteiger partial charge in [-0.15, -0.1) is 0 Å². The molecule has 1 heterocycles. The number of ether oxygens (including phenoxy) is 1. The molecule has 0 saturated carbocycles. The van der Waals surface area contributed by atoms with Crippen molar-refractivity contribution in [1.82, 2.24) is 0 Å². The summed E-state index contributed by atoms with van der Waals surface area (Å²) in [5, 5.41) is 8.86. The number of hydrogen-bond acceptors (Lipinski definition) is 3. The molecule has 0 radical (unpaired) electrons. The monoisotopic (exact) mass is 204 g/mol. The Labute approximate surface area is 88.0 Å². The molecule has 1 saturated heterocycles. The molecule has 1 aromatic carbocycles. The lowest BCUT2D eigenvalue weighted by atomic mass is 10.1. The highest BCUT2D eigenvalue weighted by Gasteiger charge is 2.27. The highest BCUT2D eigenvalue weighted by molar-refractivity contribution is 5.95. The van der Waals surface area contributed by atoms with Crippen LogP contribution in [0.1, 0.15) is 12.0 Å². The first-order valence-corrected chi connectivity index (χ1v) is 4.87. The lowest BCUT2D eigenvalue weighted by Gasteiger charge is -2.00. The molecule has 15 heavy (non-hydrogen) atoms. The summed E-state index contributed by atoms with van der Waals surface area (Å²) >= 11 is 0. The molecule has 0 spiro atoms. The van der Waals surface area contributed by atoms with Crippen molar-refractivity contribution in [1.29, 1.82) is 0 Å². The third kappa shape index (κ3) is 2.25. The maximum absolute atomic E-state index is 11.3. The van der Waals surface area contributed by atoms with Crippen LogP contribution < -0.4 is 0 Å². The molecule has 1 unspecified atom stereocenters. The Bertz CT molecular complexity index is 381. The average Bonchev–Trinajstić information content (AvgIpc) is 2.61. The number of rotatable bonds is 2. The Morgan fingerprint density at radius 2 is 2.13 bits per heavy atom. The highest BCUT2D eigenvalue weighted by atomic mass is 16.6. The number of hydrogen-bond donors (Lipinski definition) is 1. The molecule has 78 valence electrons. The molecular formula is C12H12O3. The van der Waals surface area contributed by atoms with Gasteiger partial charge in [0.25, 0.3) is 0 Å². The zero-order chi connectivity index (χ0) is 10.7. The van der Waals surface area contributed by atoms with Crippen molar-refractivity contribution in [2.24, 2.45) is 0 Å². The summed E-state index contributed by atoms with van der Waals surface area (Å²) in [6.07, 6.45) is 1.93. The molecule has 0 amide bonds. The van der Waals surface area contributed by atoms with Crippen molar-refractivity contribution in [2.75, 3.05) is 6.61 Å². The van der Waals surface area contributed by atoms with Gasteiger partial charge in [-0.3, -0.25) is 0 Å². The Balaban J connectivity index is 2.18. The van der Waals surface area contributed by atoms with Gasteiger partial charge in [-0.2, -0.15) is 0 Å². The molecule has 0 aliphatic carbocycles. The molecule has 1 atom stereocenters. The quantitative estimate of drug-likeness (QED) is 0.584. The van der Waals surface area contributed by atoms with Crippen LogP contribution in [0.5, 0.6) is 0 Å². The Morgan fingerprint density at radius 3 is 2.73 bits per heavy atom. The second-order valence-corrected chi connectivity index (χ2v) is 3.49. The van der Waals surface area contributed by atoms with E-state index in [1.807, 2.05) is 30.3 Å². The van der Waals surface area contributed by atoms with E-state index in [0.29, 0.717) is 12.0 Å². The van der Waals surface area contributed by atoms with Gasteiger partial charge in [0.05, 0.1) is 6.61 Å². The largest absolute Gasteiger partial charge is 0.456 e. The first-order chi connectivity index (χ1) is 7.29. The van der Waals surface area contributed by atoms with E-state index in [2.05, 4.69) is 0 Å². The molecule has 1 aliphatic rings. The van der Waals surface area contributed by atoms with Crippen molar-refractivity contribution >= 4 is 12.0 Å². The van der Waals surface area contributed by atoms with E-state index in [9.17, 15) is 4.79 Å². The van der Waals surface area contributed by atoms with Gasteiger partial charge < -0.3 is 9.84 Å². The van der Waals surface area contributed by atoms with Gasteiger partial charge in [-0.25, -0.2) is 4.79 Å². The zero-order valence-electron chi connectivity index (χ0n) is 8.22. The van der Waals surface area contributed by atoms with E-state index in [0.717, 1.165) is 5.56 Å².